The van der Waals surface area contributed by atoms with E-state index in [1.165, 1.54) is 24.5 Å². The molecule has 1 aliphatic rings. The lowest BCUT2D eigenvalue weighted by Crippen LogP contribution is -2.55. The Morgan fingerprint density at radius 1 is 0.786 bits per heavy atom. The van der Waals surface area contributed by atoms with Gasteiger partial charge in [-0.15, -0.1) is 13.2 Å². The average Bonchev–Trinajstić information content (AvgIpc) is 3.44. The maximum atomic E-state index is 14.8. The number of carbonyl (C=O) groups is 4. The number of aromatic nitrogens is 2. The quantitative estimate of drug-likeness (QED) is 0.120. The van der Waals surface area contributed by atoms with E-state index < -0.39 is 53.6 Å². The van der Waals surface area contributed by atoms with E-state index in [9.17, 15) is 32.3 Å². The molecule has 4 rings (SSSR count). The highest BCUT2D eigenvalue weighted by Crippen LogP contribution is 2.45. The average molecular weight is 787 g/mol. The summed E-state index contributed by atoms with van der Waals surface area (Å²) < 4.78 is 53.2. The Hall–Kier alpha value is -5.49. The highest BCUT2D eigenvalue weighted by atomic mass is 19.4. The lowest BCUT2D eigenvalue weighted by Gasteiger charge is -2.39. The van der Waals surface area contributed by atoms with Gasteiger partial charge in [0.15, 0.2) is 0 Å². The molecule has 2 aromatic heterocycles. The van der Waals surface area contributed by atoms with Crippen molar-refractivity contribution in [1.29, 1.82) is 0 Å². The van der Waals surface area contributed by atoms with Crippen LogP contribution >= 0.6 is 0 Å². The van der Waals surface area contributed by atoms with Gasteiger partial charge in [0, 0.05) is 37.3 Å². The maximum absolute atomic E-state index is 14.8. The van der Waals surface area contributed by atoms with Crippen LogP contribution in [0.25, 0.3) is 0 Å². The van der Waals surface area contributed by atoms with E-state index in [2.05, 4.69) is 40.5 Å². The molecule has 0 spiro atoms. The number of likely N-dealkylation sites (N-methyl/N-ethyl adjacent to an activating group) is 2. The van der Waals surface area contributed by atoms with E-state index in [1.54, 1.807) is 38.1 Å². The molecule has 1 aromatic carbocycles. The van der Waals surface area contributed by atoms with Gasteiger partial charge >= 0.3 is 24.6 Å². The number of halogens is 3. The summed E-state index contributed by atoms with van der Waals surface area (Å²) in [4.78, 5) is 67.4. The molecule has 3 heterocycles. The monoisotopic (exact) mass is 786 g/mol. The number of benzene rings is 1. The fourth-order valence-electron chi connectivity index (χ4n) is 6.55. The van der Waals surface area contributed by atoms with Gasteiger partial charge in [-0.1, -0.05) is 41.5 Å². The number of urea groups is 1. The number of anilines is 3. The second-order valence-electron chi connectivity index (χ2n) is 12.9. The summed E-state index contributed by atoms with van der Waals surface area (Å²) in [6.45, 7) is 16.1. The summed E-state index contributed by atoms with van der Waals surface area (Å²) in [6.07, 6.45) is -3.52. The summed E-state index contributed by atoms with van der Waals surface area (Å²) in [5, 5.41) is 8.11. The number of nitrogens with zero attached hydrogens (tertiary/aromatic N) is 5. The van der Waals surface area contributed by atoms with E-state index in [0.717, 1.165) is 43.2 Å². The zero-order chi connectivity index (χ0) is 41.0. The van der Waals surface area contributed by atoms with E-state index in [0.29, 0.717) is 24.2 Å². The van der Waals surface area contributed by atoms with Crippen molar-refractivity contribution in [1.82, 2.24) is 25.1 Å². The normalized spacial score (nSPS) is 16.7. The van der Waals surface area contributed by atoms with Crippen LogP contribution in [-0.2, 0) is 14.3 Å². The van der Waals surface area contributed by atoms with Gasteiger partial charge in [0.1, 0.15) is 36.1 Å². The molecule has 5 amide bonds. The first-order valence-corrected chi connectivity index (χ1v) is 18.4. The Kier molecular flexibility index (Phi) is 15.0. The number of carbonyl (C=O) groups excluding carboxylic acids is 4. The molecule has 0 saturated carbocycles. The topological polar surface area (TPSA) is 168 Å². The number of amides is 5. The van der Waals surface area contributed by atoms with Crippen LogP contribution in [0, 0.1) is 0 Å². The number of pyridine rings is 2. The highest BCUT2D eigenvalue weighted by molar-refractivity contribution is 6.24. The standard InChI is InChI=1S/C38H49F3N8O7/c1-7-47(8-2)19-21-54-35(52)44-31-23-27(15-17-42-31)25(5)37(33(50)49(34(51)46-37)29-11-13-30(14-12-29)56-38(39,40)41)26(6)28-16-18-43-32(24-28)45-36(53)55-22-20-48(9-3)10-4/h11-18,23-26H,7-10,19-22H2,1-6H3,(H,46,51)(H,42,44,52)(H,43,45,53). The third-order valence-corrected chi connectivity index (χ3v) is 9.87. The molecular formula is C38H49F3N8O7. The molecular weight excluding hydrogens is 737 g/mol. The highest BCUT2D eigenvalue weighted by Gasteiger charge is 2.58. The van der Waals surface area contributed by atoms with Crippen molar-refractivity contribution in [3.05, 3.63) is 72.1 Å². The zero-order valence-electron chi connectivity index (χ0n) is 32.3. The summed E-state index contributed by atoms with van der Waals surface area (Å²) >= 11 is 0. The van der Waals surface area contributed by atoms with Crippen LogP contribution in [0.4, 0.5) is 44.9 Å². The first-order valence-electron chi connectivity index (χ1n) is 18.4. The van der Waals surface area contributed by atoms with Crippen LogP contribution in [0.3, 0.4) is 0 Å². The molecule has 1 fully saturated rings. The van der Waals surface area contributed by atoms with Gasteiger partial charge in [-0.05, 0) is 85.8 Å². The Labute approximate surface area is 323 Å². The number of hydrogen-bond acceptors (Lipinski definition) is 11. The molecule has 1 aliphatic heterocycles. The van der Waals surface area contributed by atoms with Crippen LogP contribution in [0.2, 0.25) is 0 Å². The van der Waals surface area contributed by atoms with E-state index >= 15 is 0 Å². The minimum atomic E-state index is -4.94. The molecule has 0 bridgehead atoms. The van der Waals surface area contributed by atoms with Crippen molar-refractivity contribution in [2.24, 2.45) is 0 Å². The fraction of sp³-hybridized carbons (Fsp3) is 0.474. The van der Waals surface area contributed by atoms with Gasteiger partial charge in [0.25, 0.3) is 5.91 Å². The molecule has 1 saturated heterocycles. The Balaban J connectivity index is 1.66. The van der Waals surface area contributed by atoms with Gasteiger partial charge in [-0.2, -0.15) is 0 Å². The molecule has 0 radical (unpaired) electrons. The van der Waals surface area contributed by atoms with Gasteiger partial charge in [0.05, 0.1) is 5.69 Å². The number of imide groups is 1. The Morgan fingerprint density at radius 2 is 1.23 bits per heavy atom. The minimum absolute atomic E-state index is 0.00242. The molecule has 56 heavy (non-hydrogen) atoms. The molecule has 15 nitrogen and oxygen atoms in total. The number of ether oxygens (including phenoxy) is 3. The molecule has 2 atom stereocenters. The van der Waals surface area contributed by atoms with Gasteiger partial charge in [0.2, 0.25) is 0 Å². The van der Waals surface area contributed by atoms with Gasteiger partial charge in [-0.3, -0.25) is 15.4 Å². The molecule has 18 heteroatoms. The Morgan fingerprint density at radius 3 is 1.64 bits per heavy atom. The van der Waals surface area contributed by atoms with Crippen molar-refractivity contribution in [3.8, 4) is 5.75 Å². The van der Waals surface area contributed by atoms with Crippen molar-refractivity contribution < 1.29 is 46.6 Å². The molecule has 3 N–H and O–H groups in total. The predicted molar refractivity (Wildman–Crippen MR) is 203 cm³/mol. The smallest absolute Gasteiger partial charge is 0.448 e. The third-order valence-electron chi connectivity index (χ3n) is 9.87. The van der Waals surface area contributed by atoms with Crippen molar-refractivity contribution in [3.63, 3.8) is 0 Å². The van der Waals surface area contributed by atoms with E-state index in [4.69, 9.17) is 9.47 Å². The maximum Gasteiger partial charge on any atom is 0.573 e. The summed E-state index contributed by atoms with van der Waals surface area (Å²) in [5.74, 6) is -2.61. The van der Waals surface area contributed by atoms with E-state index in [-0.39, 0.29) is 30.5 Å². The van der Waals surface area contributed by atoms with Crippen molar-refractivity contribution >= 4 is 41.4 Å². The largest absolute Gasteiger partial charge is 0.573 e. The number of nitrogens with one attached hydrogen (secondary N) is 3. The molecule has 2 unspecified atom stereocenters. The molecule has 0 aliphatic carbocycles. The first-order chi connectivity index (χ1) is 26.6. The summed E-state index contributed by atoms with van der Waals surface area (Å²) in [6, 6.07) is 9.90. The van der Waals surface area contributed by atoms with Crippen LogP contribution in [0.15, 0.2) is 60.9 Å². The number of hydrogen-bond donors (Lipinski definition) is 3. The van der Waals surface area contributed by atoms with Crippen LogP contribution < -0.4 is 25.6 Å². The second-order valence-corrected chi connectivity index (χ2v) is 12.9. The lowest BCUT2D eigenvalue weighted by atomic mass is 9.70. The predicted octanol–water partition coefficient (Wildman–Crippen LogP) is 6.56. The van der Waals surface area contributed by atoms with Crippen molar-refractivity contribution in [2.45, 2.75) is 65.3 Å². The third kappa shape index (κ3) is 10.8. The van der Waals surface area contributed by atoms with Crippen molar-refractivity contribution in [2.75, 3.05) is 68.0 Å². The second kappa shape index (κ2) is 19.4. The first kappa shape index (κ1) is 43.2. The molecule has 304 valence electrons. The van der Waals surface area contributed by atoms with Gasteiger partial charge in [-0.25, -0.2) is 29.3 Å². The Bertz CT molecular complexity index is 1720. The van der Waals surface area contributed by atoms with Gasteiger partial charge < -0.3 is 29.3 Å². The van der Waals surface area contributed by atoms with Crippen LogP contribution in [0.1, 0.15) is 64.5 Å². The summed E-state index contributed by atoms with van der Waals surface area (Å²) in [5.41, 5.74) is -0.737. The number of rotatable bonds is 18. The SMILES string of the molecule is CCN(CC)CCOC(=O)Nc1cc(C(C)C2(C(C)c3ccnc(NC(=O)OCCN(CC)CC)c3)NC(=O)N(c3ccc(OC(F)(F)F)cc3)C2=O)ccn1. The van der Waals surface area contributed by atoms with E-state index in [1.807, 2.05) is 27.7 Å². The minimum Gasteiger partial charge on any atom is -0.448 e. The fourth-order valence-corrected chi connectivity index (χ4v) is 6.55. The van der Waals surface area contributed by atoms with Crippen LogP contribution in [-0.4, -0.2) is 108 Å². The molecule has 3 aromatic rings. The number of alkyl halides is 3. The lowest BCUT2D eigenvalue weighted by molar-refractivity contribution is -0.274. The van der Waals surface area contributed by atoms with Crippen LogP contribution in [0.5, 0.6) is 5.75 Å². The zero-order valence-corrected chi connectivity index (χ0v) is 32.3. The summed E-state index contributed by atoms with van der Waals surface area (Å²) in [7, 11) is 0.